The second-order valence-corrected chi connectivity index (χ2v) is 5.54. The second kappa shape index (κ2) is 8.12. The zero-order valence-electron chi connectivity index (χ0n) is 12.7. The molecule has 0 fully saturated rings. The van der Waals surface area contributed by atoms with Gasteiger partial charge in [0.05, 0.1) is 10.7 Å². The van der Waals surface area contributed by atoms with Crippen LogP contribution in [0.3, 0.4) is 0 Å². The monoisotopic (exact) mass is 297 g/mol. The summed E-state index contributed by atoms with van der Waals surface area (Å²) in [6.07, 6.45) is 0.454. The van der Waals surface area contributed by atoms with Gasteiger partial charge >= 0.3 is 0 Å². The van der Waals surface area contributed by atoms with Gasteiger partial charge in [0, 0.05) is 39.6 Å². The Bertz CT molecular complexity index is 449. The summed E-state index contributed by atoms with van der Waals surface area (Å²) < 4.78 is 0. The van der Waals surface area contributed by atoms with Crippen molar-refractivity contribution in [3.63, 3.8) is 0 Å². The van der Waals surface area contributed by atoms with E-state index in [1.807, 2.05) is 24.1 Å². The number of benzene rings is 1. The highest BCUT2D eigenvalue weighted by Crippen LogP contribution is 2.29. The number of carbonyl (C=O) groups excluding carboxylic acids is 1. The van der Waals surface area contributed by atoms with Gasteiger partial charge in [-0.15, -0.1) is 0 Å². The number of nitrogens with one attached hydrogen (secondary N) is 2. The van der Waals surface area contributed by atoms with E-state index in [2.05, 4.69) is 30.5 Å². The smallest absolute Gasteiger partial charge is 0.221 e. The van der Waals surface area contributed by atoms with E-state index in [1.54, 1.807) is 7.05 Å². The first-order valence-corrected chi connectivity index (χ1v) is 7.26. The molecule has 2 N–H and O–H groups in total. The van der Waals surface area contributed by atoms with Crippen LogP contribution in [0.15, 0.2) is 18.2 Å². The molecular formula is C15H24ClN3O. The Morgan fingerprint density at radius 3 is 2.70 bits per heavy atom. The molecule has 0 bridgehead atoms. The molecule has 4 nitrogen and oxygen atoms in total. The van der Waals surface area contributed by atoms with Crippen LogP contribution < -0.4 is 15.5 Å². The van der Waals surface area contributed by atoms with E-state index in [4.69, 9.17) is 11.6 Å². The quantitative estimate of drug-likeness (QED) is 0.812. The molecule has 1 aromatic carbocycles. The first kappa shape index (κ1) is 16.8. The number of amides is 1. The highest BCUT2D eigenvalue weighted by atomic mass is 35.5. The van der Waals surface area contributed by atoms with Gasteiger partial charge in [0.2, 0.25) is 5.91 Å². The number of hydrogen-bond acceptors (Lipinski definition) is 3. The van der Waals surface area contributed by atoms with Crippen molar-refractivity contribution >= 4 is 23.2 Å². The van der Waals surface area contributed by atoms with E-state index >= 15 is 0 Å². The largest absolute Gasteiger partial charge is 0.373 e. The lowest BCUT2D eigenvalue weighted by Crippen LogP contribution is -2.28. The molecule has 0 aromatic heterocycles. The maximum atomic E-state index is 11.3. The predicted molar refractivity (Wildman–Crippen MR) is 85.4 cm³/mol. The average Bonchev–Trinajstić information content (AvgIpc) is 2.42. The van der Waals surface area contributed by atoms with E-state index in [0.29, 0.717) is 24.0 Å². The van der Waals surface area contributed by atoms with Crippen LogP contribution in [0.1, 0.15) is 25.8 Å². The lowest BCUT2D eigenvalue weighted by atomic mass is 10.1. The van der Waals surface area contributed by atoms with Crippen LogP contribution in [-0.4, -0.2) is 32.6 Å². The Kier molecular flexibility index (Phi) is 6.82. The highest BCUT2D eigenvalue weighted by Gasteiger charge is 2.12. The van der Waals surface area contributed by atoms with Gasteiger partial charge < -0.3 is 15.5 Å². The van der Waals surface area contributed by atoms with Gasteiger partial charge in [-0.25, -0.2) is 0 Å². The average molecular weight is 298 g/mol. The summed E-state index contributed by atoms with van der Waals surface area (Å²) in [5.41, 5.74) is 2.14. The van der Waals surface area contributed by atoms with Crippen LogP contribution in [-0.2, 0) is 11.3 Å². The van der Waals surface area contributed by atoms with Gasteiger partial charge in [0.1, 0.15) is 0 Å². The number of para-hydroxylation sites is 1. The summed E-state index contributed by atoms with van der Waals surface area (Å²) in [6, 6.07) is 6.31. The third-order valence-electron chi connectivity index (χ3n) is 3.11. The van der Waals surface area contributed by atoms with Gasteiger partial charge in [-0.2, -0.15) is 0 Å². The number of halogens is 1. The van der Waals surface area contributed by atoms with Crippen molar-refractivity contribution in [3.8, 4) is 0 Å². The van der Waals surface area contributed by atoms with Crippen molar-refractivity contribution in [1.29, 1.82) is 0 Å². The van der Waals surface area contributed by atoms with Crippen LogP contribution in [0, 0.1) is 0 Å². The van der Waals surface area contributed by atoms with Crippen molar-refractivity contribution < 1.29 is 4.79 Å². The molecule has 1 rings (SSSR count). The minimum atomic E-state index is 0.0331. The molecule has 0 aliphatic carbocycles. The number of carbonyl (C=O) groups is 1. The Morgan fingerprint density at radius 2 is 2.10 bits per heavy atom. The molecule has 1 aromatic rings. The van der Waals surface area contributed by atoms with Gasteiger partial charge in [-0.05, 0) is 11.6 Å². The molecule has 5 heteroatoms. The van der Waals surface area contributed by atoms with Crippen LogP contribution in [0.25, 0.3) is 0 Å². The van der Waals surface area contributed by atoms with Crippen molar-refractivity contribution in [3.05, 3.63) is 28.8 Å². The Balaban J connectivity index is 2.82. The first-order chi connectivity index (χ1) is 9.45. The number of nitrogens with zero attached hydrogens (tertiary/aromatic N) is 1. The molecule has 20 heavy (non-hydrogen) atoms. The van der Waals surface area contributed by atoms with E-state index in [9.17, 15) is 4.79 Å². The lowest BCUT2D eigenvalue weighted by Gasteiger charge is -2.24. The standard InChI is InChI=1S/C15H24ClN3O/c1-11(2)18-10-12-6-5-7-13(16)15(12)19(4)9-8-14(20)17-3/h5-7,11,18H,8-10H2,1-4H3,(H,17,20). The minimum Gasteiger partial charge on any atom is -0.373 e. The minimum absolute atomic E-state index is 0.0331. The van der Waals surface area contributed by atoms with Gasteiger partial charge in [-0.3, -0.25) is 4.79 Å². The predicted octanol–water partition coefficient (Wildman–Crippen LogP) is 2.41. The van der Waals surface area contributed by atoms with Crippen molar-refractivity contribution in [2.24, 2.45) is 0 Å². The zero-order chi connectivity index (χ0) is 15.1. The number of hydrogen-bond donors (Lipinski definition) is 2. The van der Waals surface area contributed by atoms with Crippen molar-refractivity contribution in [2.45, 2.75) is 32.9 Å². The molecule has 0 atom stereocenters. The Morgan fingerprint density at radius 1 is 1.40 bits per heavy atom. The molecule has 112 valence electrons. The SMILES string of the molecule is CNC(=O)CCN(C)c1c(Cl)cccc1CNC(C)C. The molecule has 0 spiro atoms. The van der Waals surface area contributed by atoms with Crippen LogP contribution in [0.2, 0.25) is 5.02 Å². The molecular weight excluding hydrogens is 274 g/mol. The third-order valence-corrected chi connectivity index (χ3v) is 3.41. The van der Waals surface area contributed by atoms with Crippen LogP contribution >= 0.6 is 11.6 Å². The van der Waals surface area contributed by atoms with Crippen molar-refractivity contribution in [1.82, 2.24) is 10.6 Å². The van der Waals surface area contributed by atoms with Gasteiger partial charge in [-0.1, -0.05) is 37.6 Å². The zero-order valence-corrected chi connectivity index (χ0v) is 13.4. The maximum absolute atomic E-state index is 11.3. The van der Waals surface area contributed by atoms with E-state index in [1.165, 1.54) is 0 Å². The Labute approximate surface area is 126 Å². The number of rotatable bonds is 7. The third kappa shape index (κ3) is 5.02. The fourth-order valence-electron chi connectivity index (χ4n) is 1.95. The molecule has 0 heterocycles. The topological polar surface area (TPSA) is 44.4 Å². The fourth-order valence-corrected chi connectivity index (χ4v) is 2.29. The normalized spacial score (nSPS) is 10.7. The summed E-state index contributed by atoms with van der Waals surface area (Å²) in [4.78, 5) is 13.4. The molecule has 1 amide bonds. The first-order valence-electron chi connectivity index (χ1n) is 6.88. The molecule has 0 radical (unpaired) electrons. The van der Waals surface area contributed by atoms with Crippen molar-refractivity contribution in [2.75, 3.05) is 25.5 Å². The number of anilines is 1. The summed E-state index contributed by atoms with van der Waals surface area (Å²) in [7, 11) is 3.61. The molecule has 0 aliphatic rings. The fraction of sp³-hybridized carbons (Fsp3) is 0.533. The molecule has 0 unspecified atom stereocenters. The maximum Gasteiger partial charge on any atom is 0.221 e. The van der Waals surface area contributed by atoms with Crippen LogP contribution in [0.4, 0.5) is 5.69 Å². The summed E-state index contributed by atoms with van der Waals surface area (Å²) in [6.45, 7) is 5.62. The molecule has 0 aliphatic heterocycles. The highest BCUT2D eigenvalue weighted by molar-refractivity contribution is 6.33. The van der Waals surface area contributed by atoms with E-state index in [-0.39, 0.29) is 5.91 Å². The van der Waals surface area contributed by atoms with Gasteiger partial charge in [0.15, 0.2) is 0 Å². The lowest BCUT2D eigenvalue weighted by molar-refractivity contribution is -0.120. The Hall–Kier alpha value is -1.26. The van der Waals surface area contributed by atoms with Crippen LogP contribution in [0.5, 0.6) is 0 Å². The van der Waals surface area contributed by atoms with Gasteiger partial charge in [0.25, 0.3) is 0 Å². The molecule has 0 saturated heterocycles. The summed E-state index contributed by atoms with van der Waals surface area (Å²) >= 11 is 6.32. The summed E-state index contributed by atoms with van der Waals surface area (Å²) in [5.74, 6) is 0.0331. The van der Waals surface area contributed by atoms with E-state index < -0.39 is 0 Å². The van der Waals surface area contributed by atoms with E-state index in [0.717, 1.165) is 17.8 Å². The molecule has 0 saturated carbocycles. The second-order valence-electron chi connectivity index (χ2n) is 5.13. The summed E-state index contributed by atoms with van der Waals surface area (Å²) in [5, 5.41) is 6.74.